The standard InChI is InChI=1S/C20H28N2O3/c1-19(2)14-6-7-20(19,3)16(10-14)21-18(24)13-9-17(23)22(11-13)12-15-5-4-8-25-15/h4-5,8,13-14,16H,6-7,9-12H2,1-3H3,(H,21,24)/t13-,14+,16+,20-/m1/s1. The van der Waals surface area contributed by atoms with Gasteiger partial charge < -0.3 is 14.6 Å². The van der Waals surface area contributed by atoms with Gasteiger partial charge in [-0.1, -0.05) is 20.8 Å². The molecule has 0 aromatic carbocycles. The first-order valence-corrected chi connectivity index (χ1v) is 9.42. The third-order valence-corrected chi connectivity index (χ3v) is 7.62. The van der Waals surface area contributed by atoms with Crippen LogP contribution in [-0.2, 0) is 16.1 Å². The molecule has 25 heavy (non-hydrogen) atoms. The fraction of sp³-hybridized carbons (Fsp3) is 0.700. The van der Waals surface area contributed by atoms with Gasteiger partial charge in [-0.15, -0.1) is 0 Å². The lowest BCUT2D eigenvalue weighted by molar-refractivity contribution is -0.129. The van der Waals surface area contributed by atoms with Crippen molar-refractivity contribution in [2.75, 3.05) is 6.54 Å². The second kappa shape index (κ2) is 5.61. The molecular weight excluding hydrogens is 316 g/mol. The molecule has 2 amide bonds. The summed E-state index contributed by atoms with van der Waals surface area (Å²) in [6.07, 6.45) is 5.45. The van der Waals surface area contributed by atoms with Gasteiger partial charge in [0.1, 0.15) is 5.76 Å². The number of carbonyl (C=O) groups is 2. The van der Waals surface area contributed by atoms with Gasteiger partial charge in [0.05, 0.1) is 18.7 Å². The Morgan fingerprint density at radius 2 is 2.20 bits per heavy atom. The number of carbonyl (C=O) groups excluding carboxylic acids is 2. The average Bonchev–Trinajstić information content (AvgIpc) is 3.27. The number of nitrogens with one attached hydrogen (secondary N) is 1. The van der Waals surface area contributed by atoms with Gasteiger partial charge in [0, 0.05) is 19.0 Å². The van der Waals surface area contributed by atoms with Crippen molar-refractivity contribution in [1.82, 2.24) is 10.2 Å². The number of fused-ring (bicyclic) bond motifs is 2. The van der Waals surface area contributed by atoms with Gasteiger partial charge in [-0.25, -0.2) is 0 Å². The van der Waals surface area contributed by atoms with Gasteiger partial charge in [0.25, 0.3) is 0 Å². The molecule has 2 bridgehead atoms. The van der Waals surface area contributed by atoms with Gasteiger partial charge in [0.15, 0.2) is 0 Å². The molecule has 1 N–H and O–H groups in total. The van der Waals surface area contributed by atoms with E-state index in [0.29, 0.717) is 25.4 Å². The Kier molecular flexibility index (Phi) is 3.74. The molecule has 3 fully saturated rings. The van der Waals surface area contributed by atoms with E-state index in [4.69, 9.17) is 4.42 Å². The maximum absolute atomic E-state index is 12.8. The van der Waals surface area contributed by atoms with Crippen molar-refractivity contribution in [3.8, 4) is 0 Å². The van der Waals surface area contributed by atoms with E-state index >= 15 is 0 Å². The molecule has 5 nitrogen and oxygen atoms in total. The summed E-state index contributed by atoms with van der Waals surface area (Å²) in [6.45, 7) is 7.96. The van der Waals surface area contributed by atoms with Gasteiger partial charge in [-0.3, -0.25) is 9.59 Å². The number of hydrogen-bond acceptors (Lipinski definition) is 3. The van der Waals surface area contributed by atoms with Crippen LogP contribution in [-0.4, -0.2) is 29.3 Å². The Morgan fingerprint density at radius 3 is 2.80 bits per heavy atom. The van der Waals surface area contributed by atoms with Crippen molar-refractivity contribution in [3.05, 3.63) is 24.2 Å². The minimum Gasteiger partial charge on any atom is -0.467 e. The quantitative estimate of drug-likeness (QED) is 0.913. The Bertz CT molecular complexity index is 681. The van der Waals surface area contributed by atoms with E-state index in [1.54, 1.807) is 11.2 Å². The highest BCUT2D eigenvalue weighted by Crippen LogP contribution is 2.65. The summed E-state index contributed by atoms with van der Waals surface area (Å²) in [7, 11) is 0. The molecule has 0 unspecified atom stereocenters. The van der Waals surface area contributed by atoms with Crippen LogP contribution in [0.2, 0.25) is 0 Å². The van der Waals surface area contributed by atoms with Crippen LogP contribution in [0.5, 0.6) is 0 Å². The summed E-state index contributed by atoms with van der Waals surface area (Å²) in [6, 6.07) is 3.92. The minimum absolute atomic E-state index is 0.0380. The fourth-order valence-electron chi connectivity index (χ4n) is 5.40. The lowest BCUT2D eigenvalue weighted by atomic mass is 9.69. The molecule has 1 aromatic rings. The molecule has 2 aliphatic carbocycles. The fourth-order valence-corrected chi connectivity index (χ4v) is 5.40. The van der Waals surface area contributed by atoms with Crippen LogP contribution in [0.4, 0.5) is 0 Å². The summed E-state index contributed by atoms with van der Waals surface area (Å²) in [4.78, 5) is 26.8. The smallest absolute Gasteiger partial charge is 0.225 e. The average molecular weight is 344 g/mol. The lowest BCUT2D eigenvalue weighted by Crippen LogP contribution is -2.48. The molecule has 4 rings (SSSR count). The predicted octanol–water partition coefficient (Wildman–Crippen LogP) is 2.96. The molecule has 3 aliphatic rings. The first-order valence-electron chi connectivity index (χ1n) is 9.42. The second-order valence-corrected chi connectivity index (χ2v) is 8.93. The number of likely N-dealkylation sites (tertiary alicyclic amines) is 1. The summed E-state index contributed by atoms with van der Waals surface area (Å²) >= 11 is 0. The van der Waals surface area contributed by atoms with E-state index in [1.165, 1.54) is 12.8 Å². The lowest BCUT2D eigenvalue weighted by Gasteiger charge is -2.39. The summed E-state index contributed by atoms with van der Waals surface area (Å²) in [5, 5.41) is 3.31. The molecule has 1 aliphatic heterocycles. The van der Waals surface area contributed by atoms with Crippen LogP contribution in [0, 0.1) is 22.7 Å². The largest absolute Gasteiger partial charge is 0.467 e. The van der Waals surface area contributed by atoms with Gasteiger partial charge in [0.2, 0.25) is 11.8 Å². The molecule has 4 atom stereocenters. The molecule has 0 radical (unpaired) electrons. The Balaban J connectivity index is 1.39. The third-order valence-electron chi connectivity index (χ3n) is 7.62. The van der Waals surface area contributed by atoms with Crippen molar-refractivity contribution in [2.24, 2.45) is 22.7 Å². The van der Waals surface area contributed by atoms with Crippen LogP contribution in [0.25, 0.3) is 0 Å². The molecule has 5 heteroatoms. The summed E-state index contributed by atoms with van der Waals surface area (Å²) < 4.78 is 5.32. The Labute approximate surface area is 149 Å². The zero-order chi connectivity index (χ0) is 17.8. The van der Waals surface area contributed by atoms with Crippen LogP contribution < -0.4 is 5.32 Å². The maximum atomic E-state index is 12.8. The highest BCUT2D eigenvalue weighted by molar-refractivity contribution is 5.89. The first-order chi connectivity index (χ1) is 11.8. The maximum Gasteiger partial charge on any atom is 0.225 e. The minimum atomic E-state index is -0.242. The Hall–Kier alpha value is -1.78. The van der Waals surface area contributed by atoms with Crippen LogP contribution in [0.3, 0.4) is 0 Å². The molecule has 0 spiro atoms. The molecular formula is C20H28N2O3. The van der Waals surface area contributed by atoms with Gasteiger partial charge in [-0.2, -0.15) is 0 Å². The number of nitrogens with zero attached hydrogens (tertiary/aromatic N) is 1. The zero-order valence-electron chi connectivity index (χ0n) is 15.4. The summed E-state index contributed by atoms with van der Waals surface area (Å²) in [5.41, 5.74) is 0.450. The van der Waals surface area contributed by atoms with Crippen LogP contribution >= 0.6 is 0 Å². The molecule has 2 heterocycles. The van der Waals surface area contributed by atoms with Crippen molar-refractivity contribution in [3.63, 3.8) is 0 Å². The topological polar surface area (TPSA) is 62.6 Å². The molecule has 1 saturated heterocycles. The predicted molar refractivity (Wildman–Crippen MR) is 93.4 cm³/mol. The number of hydrogen-bond donors (Lipinski definition) is 1. The number of amides is 2. The Morgan fingerprint density at radius 1 is 1.40 bits per heavy atom. The van der Waals surface area contributed by atoms with E-state index in [9.17, 15) is 9.59 Å². The summed E-state index contributed by atoms with van der Waals surface area (Å²) in [5.74, 6) is 1.30. The highest BCUT2D eigenvalue weighted by atomic mass is 16.3. The number of rotatable bonds is 4. The van der Waals surface area contributed by atoms with E-state index in [0.717, 1.165) is 12.2 Å². The normalized spacial score (nSPS) is 36.2. The first kappa shape index (κ1) is 16.7. The van der Waals surface area contributed by atoms with E-state index in [1.807, 2.05) is 12.1 Å². The van der Waals surface area contributed by atoms with Crippen molar-refractivity contribution in [2.45, 2.75) is 59.0 Å². The third kappa shape index (κ3) is 2.51. The second-order valence-electron chi connectivity index (χ2n) is 8.93. The van der Waals surface area contributed by atoms with Crippen molar-refractivity contribution >= 4 is 11.8 Å². The number of furan rings is 1. The van der Waals surface area contributed by atoms with Crippen molar-refractivity contribution < 1.29 is 14.0 Å². The van der Waals surface area contributed by atoms with Gasteiger partial charge in [-0.05, 0) is 48.1 Å². The molecule has 1 aromatic heterocycles. The van der Waals surface area contributed by atoms with E-state index in [-0.39, 0.29) is 34.6 Å². The highest BCUT2D eigenvalue weighted by Gasteiger charge is 2.61. The van der Waals surface area contributed by atoms with E-state index in [2.05, 4.69) is 26.1 Å². The monoisotopic (exact) mass is 344 g/mol. The van der Waals surface area contributed by atoms with Crippen LogP contribution in [0.15, 0.2) is 22.8 Å². The van der Waals surface area contributed by atoms with E-state index < -0.39 is 0 Å². The molecule has 136 valence electrons. The zero-order valence-corrected chi connectivity index (χ0v) is 15.4. The molecule has 2 saturated carbocycles. The van der Waals surface area contributed by atoms with Crippen LogP contribution in [0.1, 0.15) is 52.2 Å². The van der Waals surface area contributed by atoms with Crippen molar-refractivity contribution in [1.29, 1.82) is 0 Å². The van der Waals surface area contributed by atoms with Gasteiger partial charge >= 0.3 is 0 Å². The SMILES string of the molecule is CC1(C)[C@H]2CC[C@]1(C)[C@@H](NC(=O)[C@@H]1CC(=O)N(Cc3ccco3)C1)C2.